The quantitative estimate of drug-likeness (QED) is 0.669. The lowest BCUT2D eigenvalue weighted by Gasteiger charge is -2.10. The molecule has 0 unspecified atom stereocenters. The fourth-order valence-electron chi connectivity index (χ4n) is 1.87. The largest absolute Gasteiger partial charge is 0.513 e. The summed E-state index contributed by atoms with van der Waals surface area (Å²) in [6.45, 7) is 0.0618. The third-order valence-corrected chi connectivity index (χ3v) is 3.94. The standard InChI is InChI=1S/C16H18FO3P/c17-21(18,19-13-11-15-7-3-1-4-8-15)20-14-12-16-9-5-2-6-10-16/h1-10H,11-14H2. The zero-order valence-corrected chi connectivity index (χ0v) is 12.5. The van der Waals surface area contributed by atoms with E-state index in [0.717, 1.165) is 11.1 Å². The van der Waals surface area contributed by atoms with Crippen molar-refractivity contribution in [2.75, 3.05) is 13.2 Å². The Bertz CT molecular complexity index is 525. The minimum absolute atomic E-state index is 0.0309. The summed E-state index contributed by atoms with van der Waals surface area (Å²) in [5.74, 6) is 0. The lowest BCUT2D eigenvalue weighted by molar-refractivity contribution is 0.177. The van der Waals surface area contributed by atoms with Crippen LogP contribution in [0.15, 0.2) is 60.7 Å². The smallest absolute Gasteiger partial charge is 0.283 e. The van der Waals surface area contributed by atoms with Gasteiger partial charge in [0.25, 0.3) is 0 Å². The maximum Gasteiger partial charge on any atom is 0.513 e. The highest BCUT2D eigenvalue weighted by Gasteiger charge is 2.23. The molecule has 2 aromatic carbocycles. The average molecular weight is 308 g/mol. The van der Waals surface area contributed by atoms with Crippen molar-refractivity contribution < 1.29 is 17.8 Å². The minimum atomic E-state index is -4.47. The van der Waals surface area contributed by atoms with Gasteiger partial charge >= 0.3 is 7.91 Å². The van der Waals surface area contributed by atoms with E-state index >= 15 is 0 Å². The predicted octanol–water partition coefficient (Wildman–Crippen LogP) is 4.58. The second-order valence-corrected chi connectivity index (χ2v) is 5.95. The molecule has 0 saturated carbocycles. The zero-order chi connectivity index (χ0) is 15.0. The van der Waals surface area contributed by atoms with Gasteiger partial charge in [0.2, 0.25) is 0 Å². The average Bonchev–Trinajstić information content (AvgIpc) is 2.49. The minimum Gasteiger partial charge on any atom is -0.283 e. The highest BCUT2D eigenvalue weighted by molar-refractivity contribution is 7.48. The number of halogens is 1. The molecule has 0 saturated heterocycles. The van der Waals surface area contributed by atoms with Crippen molar-refractivity contribution in [3.63, 3.8) is 0 Å². The van der Waals surface area contributed by atoms with Crippen molar-refractivity contribution in [1.29, 1.82) is 0 Å². The lowest BCUT2D eigenvalue weighted by Crippen LogP contribution is -2.00. The van der Waals surface area contributed by atoms with E-state index in [2.05, 4.69) is 0 Å². The molecule has 0 atom stereocenters. The highest BCUT2D eigenvalue weighted by atomic mass is 31.2. The first kappa shape index (κ1) is 15.9. The third-order valence-electron chi connectivity index (χ3n) is 2.96. The molecule has 3 nitrogen and oxygen atoms in total. The van der Waals surface area contributed by atoms with Crippen molar-refractivity contribution in [3.8, 4) is 0 Å². The molecule has 0 amide bonds. The van der Waals surface area contributed by atoms with Crippen LogP contribution in [0.3, 0.4) is 0 Å². The molecule has 5 heteroatoms. The Labute approximate surface area is 124 Å². The number of rotatable bonds is 8. The molecule has 2 aromatic rings. The summed E-state index contributed by atoms with van der Waals surface area (Å²) in [4.78, 5) is 0. The molecular formula is C16H18FO3P. The molecule has 0 aliphatic carbocycles. The van der Waals surface area contributed by atoms with Gasteiger partial charge < -0.3 is 0 Å². The Hall–Kier alpha value is -1.48. The van der Waals surface area contributed by atoms with Crippen LogP contribution >= 0.6 is 7.91 Å². The van der Waals surface area contributed by atoms with E-state index in [4.69, 9.17) is 9.05 Å². The van der Waals surface area contributed by atoms with Crippen LogP contribution in [0.4, 0.5) is 4.20 Å². The maximum atomic E-state index is 13.6. The molecule has 0 aliphatic rings. The summed E-state index contributed by atoms with van der Waals surface area (Å²) in [7, 11) is -4.47. The van der Waals surface area contributed by atoms with Crippen molar-refractivity contribution in [2.24, 2.45) is 0 Å². The van der Waals surface area contributed by atoms with E-state index in [0.29, 0.717) is 12.8 Å². The summed E-state index contributed by atoms with van der Waals surface area (Å²) in [5.41, 5.74) is 2.00. The van der Waals surface area contributed by atoms with Gasteiger partial charge in [0.05, 0.1) is 13.2 Å². The van der Waals surface area contributed by atoms with Gasteiger partial charge in [0.1, 0.15) is 0 Å². The molecule has 0 N–H and O–H groups in total. The van der Waals surface area contributed by atoms with Crippen molar-refractivity contribution >= 4 is 7.91 Å². The first-order chi connectivity index (χ1) is 10.2. The Morgan fingerprint density at radius 2 is 1.14 bits per heavy atom. The van der Waals surface area contributed by atoms with E-state index in [-0.39, 0.29) is 13.2 Å². The molecule has 0 bridgehead atoms. The predicted molar refractivity (Wildman–Crippen MR) is 80.9 cm³/mol. The summed E-state index contributed by atoms with van der Waals surface area (Å²) >= 11 is 0. The molecule has 112 valence electrons. The molecule has 21 heavy (non-hydrogen) atoms. The molecule has 0 aliphatic heterocycles. The van der Waals surface area contributed by atoms with E-state index in [1.165, 1.54) is 0 Å². The van der Waals surface area contributed by atoms with Gasteiger partial charge in [-0.2, -0.15) is 0 Å². The fourth-order valence-corrected chi connectivity index (χ4v) is 2.56. The van der Waals surface area contributed by atoms with Crippen molar-refractivity contribution in [2.45, 2.75) is 12.8 Å². The van der Waals surface area contributed by atoms with E-state index in [1.807, 2.05) is 60.7 Å². The summed E-state index contributed by atoms with van der Waals surface area (Å²) < 4.78 is 34.6. The Morgan fingerprint density at radius 3 is 1.52 bits per heavy atom. The number of benzene rings is 2. The van der Waals surface area contributed by atoms with Crippen LogP contribution in [0.5, 0.6) is 0 Å². The van der Waals surface area contributed by atoms with Gasteiger partial charge in [-0.05, 0) is 24.0 Å². The van der Waals surface area contributed by atoms with E-state index in [1.54, 1.807) is 0 Å². The first-order valence-corrected chi connectivity index (χ1v) is 8.26. The lowest BCUT2D eigenvalue weighted by atomic mass is 10.2. The second-order valence-electron chi connectivity index (χ2n) is 4.57. The first-order valence-electron chi connectivity index (χ1n) is 6.82. The Kier molecular flexibility index (Phi) is 6.12. The van der Waals surface area contributed by atoms with E-state index < -0.39 is 7.91 Å². The van der Waals surface area contributed by atoms with Crippen LogP contribution in [0, 0.1) is 0 Å². The molecule has 0 radical (unpaired) electrons. The molecule has 0 spiro atoms. The Balaban J connectivity index is 1.68. The highest BCUT2D eigenvalue weighted by Crippen LogP contribution is 2.49. The Morgan fingerprint density at radius 1 is 0.762 bits per heavy atom. The van der Waals surface area contributed by atoms with E-state index in [9.17, 15) is 8.76 Å². The van der Waals surface area contributed by atoms with Crippen LogP contribution in [0.2, 0.25) is 0 Å². The van der Waals surface area contributed by atoms with Crippen LogP contribution in [-0.2, 0) is 26.5 Å². The molecular weight excluding hydrogens is 290 g/mol. The van der Waals surface area contributed by atoms with Gasteiger partial charge in [-0.1, -0.05) is 60.7 Å². The van der Waals surface area contributed by atoms with Crippen LogP contribution in [0.1, 0.15) is 11.1 Å². The summed E-state index contributed by atoms with van der Waals surface area (Å²) in [5, 5.41) is 0. The van der Waals surface area contributed by atoms with Gasteiger partial charge in [-0.15, -0.1) is 4.20 Å². The maximum absolute atomic E-state index is 13.6. The topological polar surface area (TPSA) is 35.5 Å². The van der Waals surface area contributed by atoms with Crippen LogP contribution < -0.4 is 0 Å². The van der Waals surface area contributed by atoms with Crippen LogP contribution in [0.25, 0.3) is 0 Å². The zero-order valence-electron chi connectivity index (χ0n) is 11.7. The van der Waals surface area contributed by atoms with Crippen molar-refractivity contribution in [3.05, 3.63) is 71.8 Å². The normalized spacial score (nSPS) is 11.5. The summed E-state index contributed by atoms with van der Waals surface area (Å²) in [6.07, 6.45) is 0.994. The monoisotopic (exact) mass is 308 g/mol. The third kappa shape index (κ3) is 6.21. The second kappa shape index (κ2) is 8.08. The molecule has 0 fully saturated rings. The number of hydrogen-bond acceptors (Lipinski definition) is 3. The molecule has 2 rings (SSSR count). The SMILES string of the molecule is O=P(F)(OCCc1ccccc1)OCCc1ccccc1. The summed E-state index contributed by atoms with van der Waals surface area (Å²) in [6, 6.07) is 19.0. The molecule has 0 heterocycles. The molecule has 0 aromatic heterocycles. The number of hydrogen-bond donors (Lipinski definition) is 0. The van der Waals surface area contributed by atoms with Crippen molar-refractivity contribution in [1.82, 2.24) is 0 Å². The fraction of sp³-hybridized carbons (Fsp3) is 0.250. The van der Waals surface area contributed by atoms with Gasteiger partial charge in [-0.25, -0.2) is 4.57 Å². The van der Waals surface area contributed by atoms with Gasteiger partial charge in [-0.3, -0.25) is 9.05 Å². The van der Waals surface area contributed by atoms with Gasteiger partial charge in [0.15, 0.2) is 0 Å². The van der Waals surface area contributed by atoms with Gasteiger partial charge in [0, 0.05) is 0 Å². The van der Waals surface area contributed by atoms with Crippen LogP contribution in [-0.4, -0.2) is 13.2 Å².